The van der Waals surface area contributed by atoms with Gasteiger partial charge < -0.3 is 14.8 Å². The molecule has 0 saturated heterocycles. The first-order chi connectivity index (χ1) is 11.0. The Morgan fingerprint density at radius 1 is 1.00 bits per heavy atom. The molecular weight excluding hydrogens is 290 g/mol. The molecule has 1 N–H and O–H groups in total. The number of para-hydroxylation sites is 1. The summed E-state index contributed by atoms with van der Waals surface area (Å²) in [6.45, 7) is 3.95. The van der Waals surface area contributed by atoms with Gasteiger partial charge in [-0.05, 0) is 48.7 Å². The molecule has 0 fully saturated rings. The smallest absolute Gasteiger partial charge is 0.248 e. The van der Waals surface area contributed by atoms with Crippen molar-refractivity contribution in [3.05, 3.63) is 59.2 Å². The van der Waals surface area contributed by atoms with Crippen LogP contribution >= 0.6 is 0 Å². The van der Waals surface area contributed by atoms with Crippen molar-refractivity contribution in [3.63, 3.8) is 0 Å². The molecule has 120 valence electrons. The summed E-state index contributed by atoms with van der Waals surface area (Å²) in [6, 6.07) is 11.4. The van der Waals surface area contributed by atoms with E-state index in [1.54, 1.807) is 20.3 Å². The minimum atomic E-state index is -0.169. The molecule has 0 aliphatic heterocycles. The summed E-state index contributed by atoms with van der Waals surface area (Å²) in [5.74, 6) is 1.12. The van der Waals surface area contributed by atoms with E-state index in [4.69, 9.17) is 9.47 Å². The first-order valence-corrected chi connectivity index (χ1v) is 7.32. The molecule has 23 heavy (non-hydrogen) atoms. The lowest BCUT2D eigenvalue weighted by molar-refractivity contribution is -0.111. The molecule has 0 radical (unpaired) electrons. The zero-order chi connectivity index (χ0) is 16.8. The normalized spacial score (nSPS) is 10.6. The third-order valence-electron chi connectivity index (χ3n) is 3.56. The van der Waals surface area contributed by atoms with Crippen LogP contribution in [0.3, 0.4) is 0 Å². The lowest BCUT2D eigenvalue weighted by Gasteiger charge is -2.10. The van der Waals surface area contributed by atoms with Gasteiger partial charge in [0.1, 0.15) is 0 Å². The molecule has 0 heterocycles. The molecule has 0 saturated carbocycles. The lowest BCUT2D eigenvalue weighted by atomic mass is 10.1. The van der Waals surface area contributed by atoms with Crippen LogP contribution in [0.2, 0.25) is 0 Å². The van der Waals surface area contributed by atoms with Gasteiger partial charge >= 0.3 is 0 Å². The molecule has 2 rings (SSSR count). The number of nitrogens with one attached hydrogen (secondary N) is 1. The highest BCUT2D eigenvalue weighted by Crippen LogP contribution is 2.28. The number of methoxy groups -OCH3 is 2. The minimum Gasteiger partial charge on any atom is -0.493 e. The van der Waals surface area contributed by atoms with E-state index in [2.05, 4.69) is 5.32 Å². The molecule has 0 atom stereocenters. The summed E-state index contributed by atoms with van der Waals surface area (Å²) in [6.07, 6.45) is 3.25. The molecule has 2 aromatic carbocycles. The maximum absolute atomic E-state index is 12.1. The number of amides is 1. The van der Waals surface area contributed by atoms with Gasteiger partial charge in [-0.1, -0.05) is 24.3 Å². The van der Waals surface area contributed by atoms with Crippen LogP contribution in [0.5, 0.6) is 11.5 Å². The fourth-order valence-electron chi connectivity index (χ4n) is 2.30. The van der Waals surface area contributed by atoms with Gasteiger partial charge in [0.2, 0.25) is 5.91 Å². The summed E-state index contributed by atoms with van der Waals surface area (Å²) < 4.78 is 10.4. The van der Waals surface area contributed by atoms with Gasteiger partial charge in [-0.25, -0.2) is 0 Å². The highest BCUT2D eigenvalue weighted by molar-refractivity contribution is 6.02. The monoisotopic (exact) mass is 311 g/mol. The highest BCUT2D eigenvalue weighted by Gasteiger charge is 2.05. The second-order valence-electron chi connectivity index (χ2n) is 5.20. The summed E-state index contributed by atoms with van der Waals surface area (Å²) in [7, 11) is 3.17. The summed E-state index contributed by atoms with van der Waals surface area (Å²) >= 11 is 0. The molecule has 0 aliphatic rings. The van der Waals surface area contributed by atoms with Crippen molar-refractivity contribution in [1.82, 2.24) is 0 Å². The summed E-state index contributed by atoms with van der Waals surface area (Å²) in [5, 5.41) is 2.92. The fourth-order valence-corrected chi connectivity index (χ4v) is 2.30. The van der Waals surface area contributed by atoms with Gasteiger partial charge in [0.15, 0.2) is 11.5 Å². The summed E-state index contributed by atoms with van der Waals surface area (Å²) in [4.78, 5) is 12.1. The second-order valence-corrected chi connectivity index (χ2v) is 5.20. The number of benzene rings is 2. The average molecular weight is 311 g/mol. The lowest BCUT2D eigenvalue weighted by Crippen LogP contribution is -2.10. The van der Waals surface area contributed by atoms with Crippen molar-refractivity contribution < 1.29 is 14.3 Å². The van der Waals surface area contributed by atoms with Gasteiger partial charge in [0, 0.05) is 11.8 Å². The second kappa shape index (κ2) is 7.49. The van der Waals surface area contributed by atoms with E-state index in [1.165, 1.54) is 6.08 Å². The van der Waals surface area contributed by atoms with Gasteiger partial charge in [0.05, 0.1) is 14.2 Å². The third kappa shape index (κ3) is 4.13. The van der Waals surface area contributed by atoms with E-state index < -0.39 is 0 Å². The van der Waals surface area contributed by atoms with Crippen LogP contribution in [-0.2, 0) is 4.79 Å². The molecule has 4 heteroatoms. The van der Waals surface area contributed by atoms with E-state index in [1.807, 2.05) is 50.2 Å². The molecule has 2 aromatic rings. The van der Waals surface area contributed by atoms with Crippen LogP contribution in [0.1, 0.15) is 16.7 Å². The zero-order valence-electron chi connectivity index (χ0n) is 13.8. The Balaban J connectivity index is 2.12. The molecule has 0 spiro atoms. The van der Waals surface area contributed by atoms with Gasteiger partial charge in [0.25, 0.3) is 0 Å². The summed E-state index contributed by atoms with van der Waals surface area (Å²) in [5.41, 5.74) is 3.80. The number of aryl methyl sites for hydroxylation is 2. The van der Waals surface area contributed by atoms with Crippen molar-refractivity contribution >= 4 is 17.7 Å². The minimum absolute atomic E-state index is 0.169. The quantitative estimate of drug-likeness (QED) is 0.850. The van der Waals surface area contributed by atoms with Crippen molar-refractivity contribution in [1.29, 1.82) is 0 Å². The molecule has 0 unspecified atom stereocenters. The standard InChI is InChI=1S/C19H21NO3/c1-13-6-5-7-14(2)19(13)20-18(21)11-9-15-8-10-16(22-3)17(12-15)23-4/h5-12H,1-4H3,(H,20,21)/b11-9+. The maximum Gasteiger partial charge on any atom is 0.248 e. The number of carbonyl (C=O) groups is 1. The number of carbonyl (C=O) groups excluding carboxylic acids is 1. The van der Waals surface area contributed by atoms with Crippen molar-refractivity contribution in [3.8, 4) is 11.5 Å². The van der Waals surface area contributed by atoms with E-state index >= 15 is 0 Å². The molecular formula is C19H21NO3. The first-order valence-electron chi connectivity index (χ1n) is 7.32. The van der Waals surface area contributed by atoms with Crippen LogP contribution in [-0.4, -0.2) is 20.1 Å². The third-order valence-corrected chi connectivity index (χ3v) is 3.56. The van der Waals surface area contributed by atoms with Gasteiger partial charge in [-0.15, -0.1) is 0 Å². The van der Waals surface area contributed by atoms with Crippen molar-refractivity contribution in [2.75, 3.05) is 19.5 Å². The van der Waals surface area contributed by atoms with E-state index in [0.29, 0.717) is 11.5 Å². The van der Waals surface area contributed by atoms with E-state index in [9.17, 15) is 4.79 Å². The Hall–Kier alpha value is -2.75. The zero-order valence-corrected chi connectivity index (χ0v) is 13.8. The number of hydrogen-bond acceptors (Lipinski definition) is 3. The predicted molar refractivity (Wildman–Crippen MR) is 93.1 cm³/mol. The van der Waals surface area contributed by atoms with Crippen LogP contribution in [0.4, 0.5) is 5.69 Å². The molecule has 0 aromatic heterocycles. The average Bonchev–Trinajstić information content (AvgIpc) is 2.56. The Morgan fingerprint density at radius 3 is 2.26 bits per heavy atom. The number of ether oxygens (including phenoxy) is 2. The van der Waals surface area contributed by atoms with Crippen LogP contribution in [0.25, 0.3) is 6.08 Å². The Bertz CT molecular complexity index is 715. The fraction of sp³-hybridized carbons (Fsp3) is 0.211. The Kier molecular flexibility index (Phi) is 5.41. The molecule has 0 bridgehead atoms. The largest absolute Gasteiger partial charge is 0.493 e. The SMILES string of the molecule is COc1ccc(/C=C/C(=O)Nc2c(C)cccc2C)cc1OC. The number of anilines is 1. The number of hydrogen-bond donors (Lipinski definition) is 1. The van der Waals surface area contributed by atoms with E-state index in [-0.39, 0.29) is 5.91 Å². The van der Waals surface area contributed by atoms with Crippen LogP contribution in [0.15, 0.2) is 42.5 Å². The van der Waals surface area contributed by atoms with Gasteiger partial charge in [-0.3, -0.25) is 4.79 Å². The maximum atomic E-state index is 12.1. The predicted octanol–water partition coefficient (Wildman–Crippen LogP) is 3.97. The van der Waals surface area contributed by atoms with E-state index in [0.717, 1.165) is 22.4 Å². The van der Waals surface area contributed by atoms with Crippen LogP contribution in [0, 0.1) is 13.8 Å². The van der Waals surface area contributed by atoms with Gasteiger partial charge in [-0.2, -0.15) is 0 Å². The Labute approximate surface area is 136 Å². The highest BCUT2D eigenvalue weighted by atomic mass is 16.5. The van der Waals surface area contributed by atoms with Crippen LogP contribution < -0.4 is 14.8 Å². The topological polar surface area (TPSA) is 47.6 Å². The molecule has 4 nitrogen and oxygen atoms in total. The Morgan fingerprint density at radius 2 is 1.65 bits per heavy atom. The first kappa shape index (κ1) is 16.6. The molecule has 0 aliphatic carbocycles. The van der Waals surface area contributed by atoms with Crippen molar-refractivity contribution in [2.45, 2.75) is 13.8 Å². The number of rotatable bonds is 5. The molecule has 1 amide bonds. The van der Waals surface area contributed by atoms with Crippen molar-refractivity contribution in [2.24, 2.45) is 0 Å².